The molecule has 0 aliphatic rings. The van der Waals surface area contributed by atoms with E-state index in [4.69, 9.17) is 11.6 Å². The van der Waals surface area contributed by atoms with Crippen LogP contribution in [0.25, 0.3) is 11.2 Å². The van der Waals surface area contributed by atoms with Gasteiger partial charge in [-0.1, -0.05) is 0 Å². The average molecular weight is 330 g/mol. The first-order valence-electron chi connectivity index (χ1n) is 6.73. The topological polar surface area (TPSA) is 64.8 Å². The molecule has 0 aliphatic heterocycles. The zero-order chi connectivity index (χ0) is 15.8. The normalized spacial score (nSPS) is 13.0. The largest absolute Gasteiger partial charge is 0.311 e. The van der Waals surface area contributed by atoms with Crippen LogP contribution < -0.4 is 0 Å². The van der Waals surface area contributed by atoms with Crippen molar-refractivity contribution in [3.8, 4) is 0 Å². The standard InChI is InChI=1S/C14H20ClN3O2S/c1-10-6-8-16-13-12(10)17-11(5-7-15)18(13)9-14(2,3)21(4,19)20/h6,8H,5,7,9H2,1-4H3. The molecule has 0 aromatic carbocycles. The number of hydrogen-bond acceptors (Lipinski definition) is 4. The highest BCUT2D eigenvalue weighted by atomic mass is 35.5. The molecule has 0 bridgehead atoms. The maximum atomic E-state index is 12.0. The lowest BCUT2D eigenvalue weighted by atomic mass is 10.2. The first kappa shape index (κ1) is 16.2. The van der Waals surface area contributed by atoms with Crippen LogP contribution in [0.4, 0.5) is 0 Å². The van der Waals surface area contributed by atoms with Crippen molar-refractivity contribution < 1.29 is 8.42 Å². The lowest BCUT2D eigenvalue weighted by molar-refractivity contribution is 0.499. The number of imidazole rings is 1. The van der Waals surface area contributed by atoms with Gasteiger partial charge in [-0.05, 0) is 32.4 Å². The second-order valence-electron chi connectivity index (χ2n) is 5.89. The molecule has 5 nitrogen and oxygen atoms in total. The lowest BCUT2D eigenvalue weighted by Gasteiger charge is -2.24. The molecule has 0 atom stereocenters. The van der Waals surface area contributed by atoms with Gasteiger partial charge in [-0.3, -0.25) is 0 Å². The van der Waals surface area contributed by atoms with Crippen molar-refractivity contribution >= 4 is 32.6 Å². The van der Waals surface area contributed by atoms with Crippen LogP contribution in [0, 0.1) is 6.92 Å². The van der Waals surface area contributed by atoms with Gasteiger partial charge in [-0.15, -0.1) is 11.6 Å². The maximum absolute atomic E-state index is 12.0. The van der Waals surface area contributed by atoms with Crippen molar-refractivity contribution in [1.29, 1.82) is 0 Å². The van der Waals surface area contributed by atoms with Crippen LogP contribution in [0.3, 0.4) is 0 Å². The van der Waals surface area contributed by atoms with E-state index < -0.39 is 14.6 Å². The monoisotopic (exact) mass is 329 g/mol. The van der Waals surface area contributed by atoms with Gasteiger partial charge in [0.05, 0.1) is 4.75 Å². The summed E-state index contributed by atoms with van der Waals surface area (Å²) < 4.78 is 24.9. The van der Waals surface area contributed by atoms with E-state index in [2.05, 4.69) is 9.97 Å². The van der Waals surface area contributed by atoms with Crippen molar-refractivity contribution in [2.45, 2.75) is 38.5 Å². The summed E-state index contributed by atoms with van der Waals surface area (Å²) in [5, 5.41) is 0. The summed E-state index contributed by atoms with van der Waals surface area (Å²) in [5.74, 6) is 1.21. The van der Waals surface area contributed by atoms with E-state index in [-0.39, 0.29) is 0 Å². The third kappa shape index (κ3) is 3.06. The minimum atomic E-state index is -3.20. The summed E-state index contributed by atoms with van der Waals surface area (Å²) in [6.07, 6.45) is 3.55. The van der Waals surface area contributed by atoms with E-state index in [1.807, 2.05) is 17.6 Å². The van der Waals surface area contributed by atoms with Crippen molar-refractivity contribution in [3.05, 3.63) is 23.7 Å². The molecule has 2 aromatic heterocycles. The van der Waals surface area contributed by atoms with E-state index >= 15 is 0 Å². The van der Waals surface area contributed by atoms with Crippen LogP contribution in [-0.2, 0) is 22.8 Å². The first-order valence-corrected chi connectivity index (χ1v) is 9.16. The molecule has 0 aliphatic carbocycles. The van der Waals surface area contributed by atoms with Gasteiger partial charge in [-0.25, -0.2) is 18.4 Å². The molecule has 0 amide bonds. The molecule has 2 heterocycles. The van der Waals surface area contributed by atoms with Gasteiger partial charge < -0.3 is 4.57 Å². The molecule has 0 unspecified atom stereocenters. The van der Waals surface area contributed by atoms with Gasteiger partial charge in [0.15, 0.2) is 15.5 Å². The first-order chi connectivity index (χ1) is 9.67. The van der Waals surface area contributed by atoms with Gasteiger partial charge in [0.25, 0.3) is 0 Å². The Morgan fingerprint density at radius 3 is 2.62 bits per heavy atom. The number of fused-ring (bicyclic) bond motifs is 1. The second kappa shape index (κ2) is 5.57. The zero-order valence-electron chi connectivity index (χ0n) is 12.7. The molecule has 21 heavy (non-hydrogen) atoms. The fraction of sp³-hybridized carbons (Fsp3) is 0.571. The summed E-state index contributed by atoms with van der Waals surface area (Å²) >= 11 is 5.84. The second-order valence-corrected chi connectivity index (χ2v) is 8.91. The zero-order valence-corrected chi connectivity index (χ0v) is 14.3. The summed E-state index contributed by atoms with van der Waals surface area (Å²) in [6.45, 7) is 5.71. The molecule has 2 aromatic rings. The van der Waals surface area contributed by atoms with Crippen molar-refractivity contribution in [1.82, 2.24) is 14.5 Å². The SMILES string of the molecule is Cc1ccnc2c1nc(CCCl)n2CC(C)(C)S(C)(=O)=O. The number of hydrogen-bond donors (Lipinski definition) is 0. The molecule has 7 heteroatoms. The summed E-state index contributed by atoms with van der Waals surface area (Å²) in [4.78, 5) is 8.96. The Hall–Kier alpha value is -1.14. The Morgan fingerprint density at radius 1 is 1.38 bits per heavy atom. The van der Waals surface area contributed by atoms with Crippen LogP contribution in [0.5, 0.6) is 0 Å². The quantitative estimate of drug-likeness (QED) is 0.790. The molecule has 0 saturated heterocycles. The fourth-order valence-electron chi connectivity index (χ4n) is 2.12. The van der Waals surface area contributed by atoms with Gasteiger partial charge in [0.2, 0.25) is 0 Å². The third-order valence-corrected chi connectivity index (χ3v) is 6.10. The number of nitrogens with zero attached hydrogens (tertiary/aromatic N) is 3. The minimum absolute atomic E-state index is 0.311. The molecule has 2 rings (SSSR count). The molecule has 0 spiro atoms. The Balaban J connectivity index is 2.61. The summed E-state index contributed by atoms with van der Waals surface area (Å²) in [6, 6.07) is 1.89. The number of pyridine rings is 1. The maximum Gasteiger partial charge on any atom is 0.160 e. The fourth-order valence-corrected chi connectivity index (χ4v) is 2.66. The molecule has 0 radical (unpaired) electrons. The highest BCUT2D eigenvalue weighted by molar-refractivity contribution is 7.92. The van der Waals surface area contributed by atoms with E-state index in [9.17, 15) is 8.42 Å². The summed E-state index contributed by atoms with van der Waals surface area (Å²) in [7, 11) is -3.20. The Morgan fingerprint density at radius 2 is 2.05 bits per heavy atom. The van der Waals surface area contributed by atoms with Crippen LogP contribution in [-0.4, -0.2) is 39.8 Å². The van der Waals surface area contributed by atoms with E-state index in [0.717, 1.165) is 16.9 Å². The van der Waals surface area contributed by atoms with Crippen molar-refractivity contribution in [2.75, 3.05) is 12.1 Å². The number of aromatic nitrogens is 3. The van der Waals surface area contributed by atoms with Crippen molar-refractivity contribution in [3.63, 3.8) is 0 Å². The smallest absolute Gasteiger partial charge is 0.160 e. The summed E-state index contributed by atoms with van der Waals surface area (Å²) in [5.41, 5.74) is 2.54. The molecule has 0 saturated carbocycles. The molecular weight excluding hydrogens is 310 g/mol. The lowest BCUT2D eigenvalue weighted by Crippen LogP contribution is -2.36. The Kier molecular flexibility index (Phi) is 4.31. The molecular formula is C14H20ClN3O2S. The van der Waals surface area contributed by atoms with Crippen LogP contribution in [0.15, 0.2) is 12.3 Å². The van der Waals surface area contributed by atoms with Crippen LogP contribution in [0.2, 0.25) is 0 Å². The van der Waals surface area contributed by atoms with E-state index in [0.29, 0.717) is 24.5 Å². The molecule has 116 valence electrons. The van der Waals surface area contributed by atoms with Crippen LogP contribution in [0.1, 0.15) is 25.2 Å². The predicted molar refractivity (Wildman–Crippen MR) is 85.6 cm³/mol. The van der Waals surface area contributed by atoms with Gasteiger partial charge in [0.1, 0.15) is 11.3 Å². The Bertz CT molecular complexity index is 766. The van der Waals surface area contributed by atoms with E-state index in [1.54, 1.807) is 20.0 Å². The van der Waals surface area contributed by atoms with Gasteiger partial charge >= 0.3 is 0 Å². The Labute approximate surface area is 130 Å². The average Bonchev–Trinajstić information content (AvgIpc) is 2.68. The predicted octanol–water partition coefficient (Wildman–Crippen LogP) is 2.34. The highest BCUT2D eigenvalue weighted by Crippen LogP contribution is 2.24. The van der Waals surface area contributed by atoms with Crippen LogP contribution >= 0.6 is 11.6 Å². The number of aryl methyl sites for hydroxylation is 2. The molecule has 0 N–H and O–H groups in total. The number of rotatable bonds is 5. The molecule has 0 fully saturated rings. The highest BCUT2D eigenvalue weighted by Gasteiger charge is 2.32. The van der Waals surface area contributed by atoms with E-state index in [1.165, 1.54) is 6.26 Å². The van der Waals surface area contributed by atoms with Crippen molar-refractivity contribution in [2.24, 2.45) is 0 Å². The van der Waals surface area contributed by atoms with Gasteiger partial charge in [-0.2, -0.15) is 0 Å². The number of halogens is 1. The third-order valence-electron chi connectivity index (χ3n) is 3.78. The number of alkyl halides is 1. The van der Waals surface area contributed by atoms with Gasteiger partial charge in [0, 0.05) is 31.3 Å². The number of sulfone groups is 1. The minimum Gasteiger partial charge on any atom is -0.311 e.